The van der Waals surface area contributed by atoms with Crippen molar-refractivity contribution in [3.8, 4) is 0 Å². The van der Waals surface area contributed by atoms with Crippen LogP contribution in [0.25, 0.3) is 0 Å². The van der Waals surface area contributed by atoms with Crippen LogP contribution in [0.4, 0.5) is 0 Å². The van der Waals surface area contributed by atoms with Crippen molar-refractivity contribution in [1.82, 2.24) is 5.32 Å². The van der Waals surface area contributed by atoms with Crippen molar-refractivity contribution in [3.63, 3.8) is 0 Å². The second-order valence-electron chi connectivity index (χ2n) is 2.45. The third-order valence-corrected chi connectivity index (χ3v) is 1.41. The summed E-state index contributed by atoms with van der Waals surface area (Å²) in [6.07, 6.45) is 1.14. The van der Waals surface area contributed by atoms with E-state index < -0.39 is 0 Å². The van der Waals surface area contributed by atoms with E-state index in [-0.39, 0.29) is 18.6 Å². The Bertz CT molecular complexity index is 117. The molecule has 1 atom stereocenters. The molecule has 11 heavy (non-hydrogen) atoms. The van der Waals surface area contributed by atoms with E-state index in [0.717, 1.165) is 6.42 Å². The van der Waals surface area contributed by atoms with Crippen LogP contribution in [0.5, 0.6) is 0 Å². The summed E-state index contributed by atoms with van der Waals surface area (Å²) >= 11 is 0. The molecule has 0 radical (unpaired) electrons. The summed E-state index contributed by atoms with van der Waals surface area (Å²) in [5.41, 5.74) is 5.52. The number of nitrogens with one attached hydrogen (secondary N) is 1. The van der Waals surface area contributed by atoms with Crippen molar-refractivity contribution < 1.29 is 9.90 Å². The summed E-state index contributed by atoms with van der Waals surface area (Å²) in [5.74, 6) is -0.0894. The molecular formula is C7H16N2O2. The Morgan fingerprint density at radius 1 is 1.73 bits per heavy atom. The number of hydrogen-bond donors (Lipinski definition) is 3. The third kappa shape index (κ3) is 5.82. The summed E-state index contributed by atoms with van der Waals surface area (Å²) in [5, 5.41) is 10.9. The van der Waals surface area contributed by atoms with E-state index in [2.05, 4.69) is 5.32 Å². The lowest BCUT2D eigenvalue weighted by Gasteiger charge is -2.07. The number of aliphatic hydroxyl groups is 1. The molecule has 0 saturated carbocycles. The summed E-state index contributed by atoms with van der Waals surface area (Å²) < 4.78 is 0. The Morgan fingerprint density at radius 2 is 2.36 bits per heavy atom. The predicted octanol–water partition coefficient (Wildman–Crippen LogP) is -0.778. The number of amides is 1. The van der Waals surface area contributed by atoms with Gasteiger partial charge in [0.15, 0.2) is 0 Å². The van der Waals surface area contributed by atoms with E-state index in [0.29, 0.717) is 13.0 Å². The smallest absolute Gasteiger partial charge is 0.221 e. The quantitative estimate of drug-likeness (QED) is 0.494. The van der Waals surface area contributed by atoms with Crippen molar-refractivity contribution in [3.05, 3.63) is 0 Å². The summed E-state index contributed by atoms with van der Waals surface area (Å²) in [6.45, 7) is 2.23. The van der Waals surface area contributed by atoms with Gasteiger partial charge < -0.3 is 16.2 Å². The maximum Gasteiger partial charge on any atom is 0.221 e. The monoisotopic (exact) mass is 160 g/mol. The van der Waals surface area contributed by atoms with Crippen LogP contribution in [-0.2, 0) is 4.79 Å². The zero-order valence-corrected chi connectivity index (χ0v) is 6.84. The fourth-order valence-electron chi connectivity index (χ4n) is 0.650. The molecule has 4 heteroatoms. The molecule has 0 aromatic rings. The van der Waals surface area contributed by atoms with E-state index in [1.165, 1.54) is 0 Å². The Labute approximate surface area is 66.8 Å². The average molecular weight is 160 g/mol. The van der Waals surface area contributed by atoms with Gasteiger partial charge in [-0.3, -0.25) is 4.79 Å². The lowest BCUT2D eigenvalue weighted by Crippen LogP contribution is -2.32. The van der Waals surface area contributed by atoms with Crippen LogP contribution >= 0.6 is 0 Å². The molecule has 1 amide bonds. The number of hydrogen-bond acceptors (Lipinski definition) is 3. The van der Waals surface area contributed by atoms with E-state index in [4.69, 9.17) is 10.8 Å². The van der Waals surface area contributed by atoms with Crippen LogP contribution in [0.15, 0.2) is 0 Å². The summed E-state index contributed by atoms with van der Waals surface area (Å²) in [6, 6.07) is -0.0614. The number of carbonyl (C=O) groups excluding carboxylic acids is 1. The van der Waals surface area contributed by atoms with Gasteiger partial charge in [-0.05, 0) is 6.42 Å². The zero-order chi connectivity index (χ0) is 8.69. The lowest BCUT2D eigenvalue weighted by atomic mass is 10.1. The lowest BCUT2D eigenvalue weighted by molar-refractivity contribution is -0.121. The molecule has 0 aromatic carbocycles. The van der Waals surface area contributed by atoms with Gasteiger partial charge in [0, 0.05) is 19.0 Å². The fraction of sp³-hybridized carbons (Fsp3) is 0.857. The van der Waals surface area contributed by atoms with Crippen LogP contribution in [0, 0.1) is 0 Å². The van der Waals surface area contributed by atoms with Gasteiger partial charge in [-0.25, -0.2) is 0 Å². The van der Waals surface area contributed by atoms with Crippen molar-refractivity contribution in [2.24, 2.45) is 5.73 Å². The second-order valence-corrected chi connectivity index (χ2v) is 2.45. The van der Waals surface area contributed by atoms with E-state index in [1.807, 2.05) is 6.92 Å². The maximum atomic E-state index is 10.9. The number of nitrogens with two attached hydrogens (primary N) is 1. The molecular weight excluding hydrogens is 144 g/mol. The van der Waals surface area contributed by atoms with Gasteiger partial charge in [0.25, 0.3) is 0 Å². The molecule has 0 fully saturated rings. The Kier molecular flexibility index (Phi) is 5.78. The Morgan fingerprint density at radius 3 is 2.82 bits per heavy atom. The fourth-order valence-corrected chi connectivity index (χ4v) is 0.650. The molecule has 1 unspecified atom stereocenters. The molecule has 0 heterocycles. The average Bonchev–Trinajstić information content (AvgIpc) is 2.00. The Balaban J connectivity index is 3.36. The molecule has 0 aromatic heterocycles. The normalized spacial score (nSPS) is 12.6. The molecule has 0 rings (SSSR count). The number of aliphatic hydroxyl groups excluding tert-OH is 1. The first-order valence-corrected chi connectivity index (χ1v) is 3.83. The molecule has 0 bridgehead atoms. The molecule has 0 saturated heterocycles. The minimum atomic E-state index is -0.0894. The van der Waals surface area contributed by atoms with Gasteiger partial charge in [-0.1, -0.05) is 6.92 Å². The standard InChI is InChI=1S/C7H16N2O2/c1-2-6(8)5-7(11)9-3-4-10/h6,10H,2-5,8H2,1H3,(H,9,11). The van der Waals surface area contributed by atoms with Crippen molar-refractivity contribution in [1.29, 1.82) is 0 Å². The zero-order valence-electron chi connectivity index (χ0n) is 6.84. The van der Waals surface area contributed by atoms with Crippen LogP contribution in [0.2, 0.25) is 0 Å². The second kappa shape index (κ2) is 6.12. The van der Waals surface area contributed by atoms with Crippen LogP contribution < -0.4 is 11.1 Å². The first-order chi connectivity index (χ1) is 5.20. The Hall–Kier alpha value is -0.610. The minimum absolute atomic E-state index is 0.0207. The van der Waals surface area contributed by atoms with Gasteiger partial charge in [0.1, 0.15) is 0 Å². The first kappa shape index (κ1) is 10.4. The molecule has 0 aliphatic carbocycles. The van der Waals surface area contributed by atoms with E-state index in [1.54, 1.807) is 0 Å². The van der Waals surface area contributed by atoms with Crippen molar-refractivity contribution >= 4 is 5.91 Å². The number of carbonyl (C=O) groups is 1. The molecule has 0 aliphatic heterocycles. The van der Waals surface area contributed by atoms with Gasteiger partial charge in [0.05, 0.1) is 6.61 Å². The van der Waals surface area contributed by atoms with Gasteiger partial charge in [0.2, 0.25) is 5.91 Å². The molecule has 0 spiro atoms. The SMILES string of the molecule is CCC(N)CC(=O)NCCO. The highest BCUT2D eigenvalue weighted by Crippen LogP contribution is 1.91. The van der Waals surface area contributed by atoms with Gasteiger partial charge in [-0.15, -0.1) is 0 Å². The van der Waals surface area contributed by atoms with Crippen LogP contribution in [0.1, 0.15) is 19.8 Å². The highest BCUT2D eigenvalue weighted by molar-refractivity contribution is 5.76. The topological polar surface area (TPSA) is 75.4 Å². The highest BCUT2D eigenvalue weighted by Gasteiger charge is 2.05. The first-order valence-electron chi connectivity index (χ1n) is 3.83. The largest absolute Gasteiger partial charge is 0.395 e. The summed E-state index contributed by atoms with van der Waals surface area (Å²) in [4.78, 5) is 10.9. The van der Waals surface area contributed by atoms with E-state index in [9.17, 15) is 4.79 Å². The van der Waals surface area contributed by atoms with Gasteiger partial charge in [-0.2, -0.15) is 0 Å². The maximum absolute atomic E-state index is 10.9. The number of rotatable bonds is 5. The van der Waals surface area contributed by atoms with Gasteiger partial charge >= 0.3 is 0 Å². The third-order valence-electron chi connectivity index (χ3n) is 1.41. The molecule has 4 nitrogen and oxygen atoms in total. The van der Waals surface area contributed by atoms with Crippen LogP contribution in [0.3, 0.4) is 0 Å². The molecule has 4 N–H and O–H groups in total. The molecule has 66 valence electrons. The van der Waals surface area contributed by atoms with Crippen LogP contribution in [-0.4, -0.2) is 30.2 Å². The predicted molar refractivity (Wildman–Crippen MR) is 43.0 cm³/mol. The summed E-state index contributed by atoms with van der Waals surface area (Å²) in [7, 11) is 0. The molecule has 0 aliphatic rings. The van der Waals surface area contributed by atoms with Crippen molar-refractivity contribution in [2.45, 2.75) is 25.8 Å². The highest BCUT2D eigenvalue weighted by atomic mass is 16.3. The minimum Gasteiger partial charge on any atom is -0.395 e. The van der Waals surface area contributed by atoms with E-state index >= 15 is 0 Å². The van der Waals surface area contributed by atoms with Crippen molar-refractivity contribution in [2.75, 3.05) is 13.2 Å².